The van der Waals surface area contributed by atoms with Crippen LogP contribution in [0.25, 0.3) is 0 Å². The van der Waals surface area contributed by atoms with Crippen LogP contribution >= 0.6 is 15.9 Å². The minimum absolute atomic E-state index is 0.0684. The zero-order valence-corrected chi connectivity index (χ0v) is 10.9. The molecule has 1 atom stereocenters. The zero-order chi connectivity index (χ0) is 14.6. The van der Waals surface area contributed by atoms with Crippen molar-refractivity contribution in [2.75, 3.05) is 11.9 Å². The number of nitrogens with one attached hydrogen (secondary N) is 2. The highest BCUT2D eigenvalue weighted by Gasteiger charge is 2.19. The number of carboxylic acids is 1. The van der Waals surface area contributed by atoms with E-state index in [1.54, 1.807) is 0 Å². The van der Waals surface area contributed by atoms with Gasteiger partial charge in [-0.15, -0.1) is 0 Å². The smallest absolute Gasteiger partial charge is 0.328 e. The molecule has 0 aliphatic rings. The molecule has 1 rings (SSSR count). The average Bonchev–Trinajstić information content (AvgIpc) is 2.32. The lowest BCUT2D eigenvalue weighted by atomic mass is 10.3. The van der Waals surface area contributed by atoms with Crippen molar-refractivity contribution >= 4 is 33.6 Å². The summed E-state index contributed by atoms with van der Waals surface area (Å²) in [6, 6.07) is -1.02. The van der Waals surface area contributed by atoms with E-state index in [0.717, 1.165) is 6.07 Å². The Labute approximate surface area is 114 Å². The van der Waals surface area contributed by atoms with Crippen LogP contribution in [0.2, 0.25) is 0 Å². The zero-order valence-electron chi connectivity index (χ0n) is 9.28. The largest absolute Gasteiger partial charge is 0.480 e. The summed E-state index contributed by atoms with van der Waals surface area (Å²) >= 11 is 2.81. The topological polar surface area (TPSA) is 98.7 Å². The molecule has 0 spiro atoms. The van der Waals surface area contributed by atoms with Crippen molar-refractivity contribution in [1.82, 2.24) is 5.32 Å². The van der Waals surface area contributed by atoms with Crippen molar-refractivity contribution in [3.63, 3.8) is 0 Å². The lowest BCUT2D eigenvalue weighted by Gasteiger charge is -2.13. The summed E-state index contributed by atoms with van der Waals surface area (Å²) < 4.78 is 26.2. The standard InChI is InChI=1S/C10H9BrF2N2O4/c11-4-1-7(6(13)2-5(4)12)14-10(19)15-8(3-16)9(17)18/h1-2,8,16H,3H2,(H,17,18)(H2,14,15,19). The number of carboxylic acid groups (broad SMARTS) is 1. The van der Waals surface area contributed by atoms with E-state index < -0.39 is 36.3 Å². The van der Waals surface area contributed by atoms with Crippen LogP contribution in [0.3, 0.4) is 0 Å². The lowest BCUT2D eigenvalue weighted by molar-refractivity contribution is -0.140. The van der Waals surface area contributed by atoms with Gasteiger partial charge in [0.15, 0.2) is 6.04 Å². The number of rotatable bonds is 4. The second-order valence-electron chi connectivity index (χ2n) is 3.42. The molecule has 0 aliphatic carbocycles. The maximum absolute atomic E-state index is 13.3. The SMILES string of the molecule is O=C(Nc1cc(Br)c(F)cc1F)NC(CO)C(=O)O. The second kappa shape index (κ2) is 6.43. The van der Waals surface area contributed by atoms with Crippen molar-refractivity contribution in [2.24, 2.45) is 0 Å². The van der Waals surface area contributed by atoms with Gasteiger partial charge in [-0.2, -0.15) is 0 Å². The Morgan fingerprint density at radius 3 is 2.47 bits per heavy atom. The van der Waals surface area contributed by atoms with Crippen molar-refractivity contribution in [3.8, 4) is 0 Å². The molecule has 0 radical (unpaired) electrons. The van der Waals surface area contributed by atoms with Gasteiger partial charge in [-0.25, -0.2) is 18.4 Å². The number of urea groups is 1. The van der Waals surface area contributed by atoms with E-state index in [0.29, 0.717) is 6.07 Å². The molecule has 0 saturated carbocycles. The summed E-state index contributed by atoms with van der Waals surface area (Å²) in [7, 11) is 0. The van der Waals surface area contributed by atoms with Gasteiger partial charge in [0.05, 0.1) is 16.8 Å². The molecule has 4 N–H and O–H groups in total. The molecule has 0 fully saturated rings. The summed E-state index contributed by atoms with van der Waals surface area (Å²) in [6.45, 7) is -0.821. The van der Waals surface area contributed by atoms with Gasteiger partial charge in [0, 0.05) is 6.07 Å². The number of aliphatic hydroxyl groups excluding tert-OH is 1. The first-order valence-electron chi connectivity index (χ1n) is 4.91. The monoisotopic (exact) mass is 338 g/mol. The Bertz CT molecular complexity index is 513. The van der Waals surface area contributed by atoms with E-state index in [4.69, 9.17) is 10.2 Å². The first kappa shape index (κ1) is 15.3. The van der Waals surface area contributed by atoms with Crippen molar-refractivity contribution in [2.45, 2.75) is 6.04 Å². The Hall–Kier alpha value is -1.74. The number of carbonyl (C=O) groups excluding carboxylic acids is 1. The Balaban J connectivity index is 2.77. The number of aliphatic hydroxyl groups is 1. The first-order valence-corrected chi connectivity index (χ1v) is 5.70. The molecule has 6 nitrogen and oxygen atoms in total. The Morgan fingerprint density at radius 1 is 1.32 bits per heavy atom. The molecule has 1 aromatic carbocycles. The summed E-state index contributed by atoms with van der Waals surface area (Å²) in [5, 5.41) is 21.2. The third-order valence-corrected chi connectivity index (χ3v) is 2.65. The number of hydrogen-bond acceptors (Lipinski definition) is 3. The molecule has 9 heteroatoms. The highest BCUT2D eigenvalue weighted by molar-refractivity contribution is 9.10. The number of anilines is 1. The van der Waals surface area contributed by atoms with E-state index in [9.17, 15) is 18.4 Å². The fourth-order valence-corrected chi connectivity index (χ4v) is 1.46. The average molecular weight is 339 g/mol. The number of carbonyl (C=O) groups is 2. The highest BCUT2D eigenvalue weighted by Crippen LogP contribution is 2.23. The first-order chi connectivity index (χ1) is 8.85. The highest BCUT2D eigenvalue weighted by atomic mass is 79.9. The third kappa shape index (κ3) is 4.14. The van der Waals surface area contributed by atoms with Crippen LogP contribution in [0.1, 0.15) is 0 Å². The van der Waals surface area contributed by atoms with Crippen LogP contribution in [-0.4, -0.2) is 34.9 Å². The molecule has 0 aromatic heterocycles. The summed E-state index contributed by atoms with van der Waals surface area (Å²) in [4.78, 5) is 21.9. The van der Waals surface area contributed by atoms with Crippen molar-refractivity contribution < 1.29 is 28.6 Å². The Kier molecular flexibility index (Phi) is 5.19. The van der Waals surface area contributed by atoms with E-state index in [1.807, 2.05) is 10.6 Å². The maximum Gasteiger partial charge on any atom is 0.328 e. The van der Waals surface area contributed by atoms with Gasteiger partial charge < -0.3 is 20.8 Å². The Morgan fingerprint density at radius 2 is 1.95 bits per heavy atom. The normalized spacial score (nSPS) is 11.8. The molecule has 1 aromatic rings. The van der Waals surface area contributed by atoms with Gasteiger partial charge >= 0.3 is 12.0 Å². The van der Waals surface area contributed by atoms with Gasteiger partial charge in [0.25, 0.3) is 0 Å². The van der Waals surface area contributed by atoms with Crippen LogP contribution in [-0.2, 0) is 4.79 Å². The quantitative estimate of drug-likeness (QED) is 0.622. The number of hydrogen-bond donors (Lipinski definition) is 4. The van der Waals surface area contributed by atoms with Gasteiger partial charge in [-0.05, 0) is 22.0 Å². The van der Waals surface area contributed by atoms with Crippen LogP contribution < -0.4 is 10.6 Å². The predicted octanol–water partition coefficient (Wildman–Crippen LogP) is 1.29. The van der Waals surface area contributed by atoms with Gasteiger partial charge in [-0.1, -0.05) is 0 Å². The van der Waals surface area contributed by atoms with Crippen LogP contribution in [0.15, 0.2) is 16.6 Å². The lowest BCUT2D eigenvalue weighted by Crippen LogP contribution is -2.45. The maximum atomic E-state index is 13.3. The van der Waals surface area contributed by atoms with Gasteiger partial charge in [-0.3, -0.25) is 0 Å². The van der Waals surface area contributed by atoms with Gasteiger partial charge in [0.1, 0.15) is 11.6 Å². The van der Waals surface area contributed by atoms with Crippen LogP contribution in [0.4, 0.5) is 19.3 Å². The number of halogens is 3. The number of amides is 2. The molecule has 0 bridgehead atoms. The van der Waals surface area contributed by atoms with Crippen molar-refractivity contribution in [3.05, 3.63) is 28.2 Å². The van der Waals surface area contributed by atoms with E-state index in [2.05, 4.69) is 15.9 Å². The summed E-state index contributed by atoms with van der Waals surface area (Å²) in [5.41, 5.74) is -0.340. The van der Waals surface area contributed by atoms with Crippen LogP contribution in [0.5, 0.6) is 0 Å². The van der Waals surface area contributed by atoms with Crippen molar-refractivity contribution in [1.29, 1.82) is 0 Å². The fraction of sp³-hybridized carbons (Fsp3) is 0.200. The molecular formula is C10H9BrF2N2O4. The van der Waals surface area contributed by atoms with E-state index >= 15 is 0 Å². The fourth-order valence-electron chi connectivity index (χ4n) is 1.12. The summed E-state index contributed by atoms with van der Waals surface area (Å²) in [5.74, 6) is -3.31. The molecule has 19 heavy (non-hydrogen) atoms. The molecular weight excluding hydrogens is 330 g/mol. The second-order valence-corrected chi connectivity index (χ2v) is 4.27. The minimum Gasteiger partial charge on any atom is -0.480 e. The van der Waals surface area contributed by atoms with E-state index in [-0.39, 0.29) is 10.2 Å². The third-order valence-electron chi connectivity index (χ3n) is 2.04. The number of aliphatic carboxylic acids is 1. The number of benzene rings is 1. The molecule has 2 amide bonds. The molecule has 1 unspecified atom stereocenters. The van der Waals surface area contributed by atoms with Crippen LogP contribution in [0, 0.1) is 11.6 Å². The van der Waals surface area contributed by atoms with Gasteiger partial charge in [0.2, 0.25) is 0 Å². The molecule has 0 aliphatic heterocycles. The molecule has 104 valence electrons. The summed E-state index contributed by atoms with van der Waals surface area (Å²) in [6.07, 6.45) is 0. The van der Waals surface area contributed by atoms with E-state index in [1.165, 1.54) is 0 Å². The molecule has 0 saturated heterocycles. The predicted molar refractivity (Wildman–Crippen MR) is 64.7 cm³/mol. The minimum atomic E-state index is -1.52. The molecule has 0 heterocycles.